The fourth-order valence-corrected chi connectivity index (χ4v) is 5.16. The fraction of sp³-hybridized carbons (Fsp3) is 0.360. The van der Waals surface area contributed by atoms with Crippen molar-refractivity contribution in [3.05, 3.63) is 65.3 Å². The van der Waals surface area contributed by atoms with Crippen molar-refractivity contribution in [2.45, 2.75) is 18.4 Å². The van der Waals surface area contributed by atoms with E-state index < -0.39 is 10.0 Å². The van der Waals surface area contributed by atoms with Gasteiger partial charge >= 0.3 is 0 Å². The first kappa shape index (κ1) is 26.3. The zero-order valence-electron chi connectivity index (χ0n) is 20.8. The Morgan fingerprint density at radius 1 is 0.972 bits per heavy atom. The second-order valence-corrected chi connectivity index (χ2v) is 11.4. The molecular weight excluding hydrogens is 498 g/mol. The van der Waals surface area contributed by atoms with Crippen LogP contribution in [0.5, 0.6) is 0 Å². The van der Waals surface area contributed by atoms with Crippen LogP contribution in [0, 0.1) is 0 Å². The van der Waals surface area contributed by atoms with Gasteiger partial charge in [0, 0.05) is 52.5 Å². The Bertz CT molecular complexity index is 1280. The van der Waals surface area contributed by atoms with Crippen LogP contribution in [0.15, 0.2) is 59.6 Å². The third kappa shape index (κ3) is 6.32. The lowest BCUT2D eigenvalue weighted by Crippen LogP contribution is -2.45. The summed E-state index contributed by atoms with van der Waals surface area (Å²) in [5, 5.41) is 6.52. The molecule has 1 aromatic heterocycles. The van der Waals surface area contributed by atoms with E-state index in [1.807, 2.05) is 12.1 Å². The van der Waals surface area contributed by atoms with E-state index in [-0.39, 0.29) is 9.92 Å². The minimum absolute atomic E-state index is 0.130. The van der Waals surface area contributed by atoms with Gasteiger partial charge in [-0.1, -0.05) is 42.8 Å². The van der Waals surface area contributed by atoms with E-state index in [2.05, 4.69) is 49.5 Å². The summed E-state index contributed by atoms with van der Waals surface area (Å²) in [6, 6.07) is 14.8. The van der Waals surface area contributed by atoms with Gasteiger partial charge < -0.3 is 15.5 Å². The van der Waals surface area contributed by atoms with Crippen molar-refractivity contribution in [3.8, 4) is 0 Å². The second kappa shape index (κ2) is 11.5. The Morgan fingerprint density at radius 3 is 2.31 bits per heavy atom. The number of sulfonamides is 1. The Hall–Kier alpha value is -2.76. The molecule has 1 aliphatic heterocycles. The molecule has 0 amide bonds. The lowest BCUT2D eigenvalue weighted by molar-refractivity contribution is 0.132. The van der Waals surface area contributed by atoms with Crippen LogP contribution in [0.25, 0.3) is 0 Å². The highest BCUT2D eigenvalue weighted by Crippen LogP contribution is 2.29. The van der Waals surface area contributed by atoms with Crippen molar-refractivity contribution in [3.63, 3.8) is 0 Å². The van der Waals surface area contributed by atoms with Gasteiger partial charge in [0.2, 0.25) is 16.0 Å². The summed E-state index contributed by atoms with van der Waals surface area (Å²) < 4.78 is 26.6. The van der Waals surface area contributed by atoms with Gasteiger partial charge in [0.25, 0.3) is 0 Å². The Morgan fingerprint density at radius 2 is 1.64 bits per heavy atom. The second-order valence-electron chi connectivity index (χ2n) is 8.83. The molecule has 0 atom stereocenters. The van der Waals surface area contributed by atoms with Gasteiger partial charge in [-0.25, -0.2) is 17.7 Å². The number of hydrogen-bond acceptors (Lipinski definition) is 8. The molecule has 4 rings (SSSR count). The fourth-order valence-electron chi connectivity index (χ4n) is 3.98. The van der Waals surface area contributed by atoms with E-state index in [4.69, 9.17) is 11.6 Å². The Balaban J connectivity index is 1.45. The highest BCUT2D eigenvalue weighted by Gasteiger charge is 2.22. The standard InChI is InChI=1S/C25H32ClN7O2S/c1-4-32-13-15-33(16-14-32)18-19-9-11-20(12-10-19)28-25-27-17-21(26)24(30-25)29-22-7-5-6-8-23(22)36(34,35)31(2)3/h5-12,17H,4,13-16,18H2,1-3H3,(H2,27,28,29,30). The number of para-hydroxylation sites is 1. The Labute approximate surface area is 218 Å². The van der Waals surface area contributed by atoms with Crippen molar-refractivity contribution in [1.29, 1.82) is 0 Å². The summed E-state index contributed by atoms with van der Waals surface area (Å²) in [5.41, 5.74) is 2.48. The molecule has 11 heteroatoms. The van der Waals surface area contributed by atoms with Crippen LogP contribution < -0.4 is 10.6 Å². The van der Waals surface area contributed by atoms with Crippen molar-refractivity contribution < 1.29 is 8.42 Å². The van der Waals surface area contributed by atoms with E-state index in [1.54, 1.807) is 18.2 Å². The molecule has 192 valence electrons. The highest BCUT2D eigenvalue weighted by atomic mass is 35.5. The first-order valence-corrected chi connectivity index (χ1v) is 13.7. The van der Waals surface area contributed by atoms with Crippen molar-refractivity contribution in [2.75, 3.05) is 57.5 Å². The average molecular weight is 530 g/mol. The van der Waals surface area contributed by atoms with Crippen LogP contribution in [-0.2, 0) is 16.6 Å². The average Bonchev–Trinajstić information content (AvgIpc) is 2.88. The van der Waals surface area contributed by atoms with E-state index >= 15 is 0 Å². The molecule has 2 heterocycles. The number of benzene rings is 2. The number of anilines is 4. The molecule has 36 heavy (non-hydrogen) atoms. The normalized spacial score (nSPS) is 15.2. The SMILES string of the molecule is CCN1CCN(Cc2ccc(Nc3ncc(Cl)c(Nc4ccccc4S(=O)(=O)N(C)C)n3)cc2)CC1. The molecule has 0 bridgehead atoms. The van der Waals surface area contributed by atoms with Crippen molar-refractivity contribution in [2.24, 2.45) is 0 Å². The predicted molar refractivity (Wildman–Crippen MR) is 145 cm³/mol. The molecule has 0 aliphatic carbocycles. The Kier molecular flexibility index (Phi) is 8.43. The largest absolute Gasteiger partial charge is 0.338 e. The predicted octanol–water partition coefficient (Wildman–Crippen LogP) is 4.01. The van der Waals surface area contributed by atoms with Crippen LogP contribution in [0.4, 0.5) is 23.1 Å². The zero-order chi connectivity index (χ0) is 25.7. The number of nitrogens with zero attached hydrogens (tertiary/aromatic N) is 5. The molecule has 3 aromatic rings. The lowest BCUT2D eigenvalue weighted by atomic mass is 10.2. The molecule has 1 aliphatic rings. The summed E-state index contributed by atoms with van der Waals surface area (Å²) in [4.78, 5) is 13.8. The molecule has 0 spiro atoms. The number of hydrogen-bond donors (Lipinski definition) is 2. The molecule has 1 saturated heterocycles. The van der Waals surface area contributed by atoms with Crippen LogP contribution >= 0.6 is 11.6 Å². The lowest BCUT2D eigenvalue weighted by Gasteiger charge is -2.34. The van der Waals surface area contributed by atoms with Gasteiger partial charge in [0.15, 0.2) is 5.82 Å². The van der Waals surface area contributed by atoms with Gasteiger partial charge in [-0.15, -0.1) is 0 Å². The monoisotopic (exact) mass is 529 g/mol. The van der Waals surface area contributed by atoms with Gasteiger partial charge in [-0.3, -0.25) is 4.90 Å². The van der Waals surface area contributed by atoms with Crippen molar-refractivity contribution in [1.82, 2.24) is 24.1 Å². The maximum Gasteiger partial charge on any atom is 0.244 e. The summed E-state index contributed by atoms with van der Waals surface area (Å²) >= 11 is 6.33. The molecular formula is C25H32ClN7O2S. The van der Waals surface area contributed by atoms with Crippen LogP contribution in [0.3, 0.4) is 0 Å². The molecule has 0 unspecified atom stereocenters. The molecule has 0 radical (unpaired) electrons. The number of aromatic nitrogens is 2. The maximum absolute atomic E-state index is 12.7. The highest BCUT2D eigenvalue weighted by molar-refractivity contribution is 7.89. The topological polar surface area (TPSA) is 93.7 Å². The summed E-state index contributed by atoms with van der Waals surface area (Å²) in [6.07, 6.45) is 1.48. The maximum atomic E-state index is 12.7. The van der Waals surface area contributed by atoms with Crippen LogP contribution in [0.2, 0.25) is 5.02 Å². The van der Waals surface area contributed by atoms with E-state index in [9.17, 15) is 8.42 Å². The minimum Gasteiger partial charge on any atom is -0.338 e. The molecule has 1 fully saturated rings. The summed E-state index contributed by atoms with van der Waals surface area (Å²) in [6.45, 7) is 8.65. The molecule has 2 aromatic carbocycles. The van der Waals surface area contributed by atoms with Gasteiger partial charge in [0.1, 0.15) is 9.92 Å². The first-order valence-electron chi connectivity index (χ1n) is 11.9. The van der Waals surface area contributed by atoms with Gasteiger partial charge in [-0.05, 0) is 36.4 Å². The van der Waals surface area contributed by atoms with Crippen LogP contribution in [-0.4, -0.2) is 79.3 Å². The van der Waals surface area contributed by atoms with Gasteiger partial charge in [0.05, 0.1) is 11.9 Å². The minimum atomic E-state index is -3.66. The molecule has 9 nitrogen and oxygen atoms in total. The number of rotatable bonds is 9. The number of halogens is 1. The third-order valence-corrected chi connectivity index (χ3v) is 8.32. The van der Waals surface area contributed by atoms with Crippen molar-refractivity contribution >= 4 is 44.8 Å². The smallest absolute Gasteiger partial charge is 0.244 e. The number of piperazine rings is 1. The zero-order valence-corrected chi connectivity index (χ0v) is 22.3. The molecule has 2 N–H and O–H groups in total. The summed E-state index contributed by atoms with van der Waals surface area (Å²) in [5.74, 6) is 0.650. The first-order chi connectivity index (χ1) is 17.3. The number of likely N-dealkylation sites (N-methyl/N-ethyl adjacent to an activating group) is 1. The molecule has 0 saturated carbocycles. The summed E-state index contributed by atoms with van der Waals surface area (Å²) in [7, 11) is -0.676. The van der Waals surface area contributed by atoms with E-state index in [0.29, 0.717) is 17.5 Å². The van der Waals surface area contributed by atoms with Crippen LogP contribution in [0.1, 0.15) is 12.5 Å². The van der Waals surface area contributed by atoms with E-state index in [1.165, 1.54) is 31.9 Å². The van der Waals surface area contributed by atoms with E-state index in [0.717, 1.165) is 49.3 Å². The number of nitrogens with one attached hydrogen (secondary N) is 2. The quantitative estimate of drug-likeness (QED) is 0.429. The van der Waals surface area contributed by atoms with Gasteiger partial charge in [-0.2, -0.15) is 4.98 Å². The third-order valence-electron chi connectivity index (χ3n) is 6.17.